The van der Waals surface area contributed by atoms with Crippen molar-refractivity contribution in [1.29, 1.82) is 0 Å². The highest BCUT2D eigenvalue weighted by Gasteiger charge is 2.13. The van der Waals surface area contributed by atoms with Gasteiger partial charge in [0.1, 0.15) is 0 Å². The SMILES string of the molecule is CC(C)NC(=O)CN(C)Cc1nc(-c2cccc(Cl)c2)no1. The molecular formula is C15H19ClN4O2. The van der Waals surface area contributed by atoms with Gasteiger partial charge in [-0.3, -0.25) is 9.69 Å². The molecule has 118 valence electrons. The number of benzene rings is 1. The van der Waals surface area contributed by atoms with Crippen LogP contribution in [0.4, 0.5) is 0 Å². The van der Waals surface area contributed by atoms with Crippen molar-refractivity contribution >= 4 is 17.5 Å². The van der Waals surface area contributed by atoms with Crippen molar-refractivity contribution in [3.8, 4) is 11.4 Å². The molecule has 0 radical (unpaired) electrons. The van der Waals surface area contributed by atoms with Crippen molar-refractivity contribution in [2.75, 3.05) is 13.6 Å². The number of amides is 1. The molecule has 1 heterocycles. The Morgan fingerprint density at radius 3 is 2.91 bits per heavy atom. The third-order valence-electron chi connectivity index (χ3n) is 2.82. The molecule has 0 aliphatic rings. The Bertz CT molecular complexity index is 642. The zero-order valence-corrected chi connectivity index (χ0v) is 13.6. The summed E-state index contributed by atoms with van der Waals surface area (Å²) < 4.78 is 5.21. The fraction of sp³-hybridized carbons (Fsp3) is 0.400. The van der Waals surface area contributed by atoms with Crippen LogP contribution in [-0.2, 0) is 11.3 Å². The number of carbonyl (C=O) groups excluding carboxylic acids is 1. The molecule has 2 rings (SSSR count). The Morgan fingerprint density at radius 1 is 1.45 bits per heavy atom. The summed E-state index contributed by atoms with van der Waals surface area (Å²) in [6.07, 6.45) is 0. The monoisotopic (exact) mass is 322 g/mol. The summed E-state index contributed by atoms with van der Waals surface area (Å²) in [6.45, 7) is 4.52. The average Bonchev–Trinajstić information content (AvgIpc) is 2.85. The molecule has 0 atom stereocenters. The van der Waals surface area contributed by atoms with Crippen molar-refractivity contribution < 1.29 is 9.32 Å². The standard InChI is InChI=1S/C15H19ClN4O2/c1-10(2)17-13(21)8-20(3)9-14-18-15(19-22-14)11-5-4-6-12(16)7-11/h4-7,10H,8-9H2,1-3H3,(H,17,21). The lowest BCUT2D eigenvalue weighted by Gasteiger charge is -2.15. The molecule has 0 aliphatic carbocycles. The van der Waals surface area contributed by atoms with E-state index in [1.165, 1.54) is 0 Å². The van der Waals surface area contributed by atoms with Gasteiger partial charge in [-0.15, -0.1) is 0 Å². The maximum absolute atomic E-state index is 11.7. The van der Waals surface area contributed by atoms with Gasteiger partial charge in [-0.25, -0.2) is 0 Å². The van der Waals surface area contributed by atoms with E-state index >= 15 is 0 Å². The average molecular weight is 323 g/mol. The highest BCUT2D eigenvalue weighted by Crippen LogP contribution is 2.20. The number of likely N-dealkylation sites (N-methyl/N-ethyl adjacent to an activating group) is 1. The van der Waals surface area contributed by atoms with Gasteiger partial charge in [0.25, 0.3) is 0 Å². The lowest BCUT2D eigenvalue weighted by molar-refractivity contribution is -0.122. The molecule has 22 heavy (non-hydrogen) atoms. The zero-order valence-electron chi connectivity index (χ0n) is 12.8. The molecule has 7 heteroatoms. The van der Waals surface area contributed by atoms with Crippen LogP contribution in [0.3, 0.4) is 0 Å². The molecule has 0 fully saturated rings. The van der Waals surface area contributed by atoms with Gasteiger partial charge in [0, 0.05) is 16.6 Å². The van der Waals surface area contributed by atoms with Crippen molar-refractivity contribution in [2.45, 2.75) is 26.4 Å². The molecule has 0 spiro atoms. The zero-order chi connectivity index (χ0) is 16.1. The molecule has 1 N–H and O–H groups in total. The van der Waals surface area contributed by atoms with Gasteiger partial charge >= 0.3 is 0 Å². The predicted molar refractivity (Wildman–Crippen MR) is 84.4 cm³/mol. The molecule has 1 amide bonds. The molecule has 0 unspecified atom stereocenters. The molecule has 0 saturated carbocycles. The number of aromatic nitrogens is 2. The highest BCUT2D eigenvalue weighted by atomic mass is 35.5. The second-order valence-electron chi connectivity index (χ2n) is 5.42. The van der Waals surface area contributed by atoms with E-state index in [4.69, 9.17) is 16.1 Å². The lowest BCUT2D eigenvalue weighted by Crippen LogP contribution is -2.38. The van der Waals surface area contributed by atoms with Crippen LogP contribution < -0.4 is 5.32 Å². The molecule has 0 bridgehead atoms. The fourth-order valence-electron chi connectivity index (χ4n) is 1.96. The lowest BCUT2D eigenvalue weighted by atomic mass is 10.2. The topological polar surface area (TPSA) is 71.3 Å². The third-order valence-corrected chi connectivity index (χ3v) is 3.05. The van der Waals surface area contributed by atoms with Crippen LogP contribution in [0.15, 0.2) is 28.8 Å². The minimum Gasteiger partial charge on any atom is -0.353 e. The van der Waals surface area contributed by atoms with Gasteiger partial charge in [0.15, 0.2) is 0 Å². The van der Waals surface area contributed by atoms with E-state index in [0.717, 1.165) is 5.56 Å². The minimum absolute atomic E-state index is 0.0351. The van der Waals surface area contributed by atoms with Gasteiger partial charge in [0.2, 0.25) is 17.6 Å². The third kappa shape index (κ3) is 4.82. The Labute approximate surface area is 134 Å². The van der Waals surface area contributed by atoms with Gasteiger partial charge in [-0.05, 0) is 33.0 Å². The van der Waals surface area contributed by atoms with Crippen molar-refractivity contribution in [3.05, 3.63) is 35.2 Å². The summed E-state index contributed by atoms with van der Waals surface area (Å²) in [5.74, 6) is 0.902. The number of nitrogens with one attached hydrogen (secondary N) is 1. The normalized spacial score (nSPS) is 11.2. The van der Waals surface area contributed by atoms with Crippen molar-refractivity contribution in [2.24, 2.45) is 0 Å². The summed E-state index contributed by atoms with van der Waals surface area (Å²) in [5.41, 5.74) is 0.794. The Balaban J connectivity index is 1.96. The number of hydrogen-bond donors (Lipinski definition) is 1. The molecule has 2 aromatic rings. The smallest absolute Gasteiger partial charge is 0.241 e. The first-order valence-corrected chi connectivity index (χ1v) is 7.38. The molecule has 6 nitrogen and oxygen atoms in total. The van der Waals surface area contributed by atoms with Crippen LogP contribution in [0.1, 0.15) is 19.7 Å². The summed E-state index contributed by atoms with van der Waals surface area (Å²) in [4.78, 5) is 17.8. The van der Waals surface area contributed by atoms with Crippen molar-refractivity contribution in [1.82, 2.24) is 20.4 Å². The predicted octanol–water partition coefficient (Wildman–Crippen LogP) is 2.35. The van der Waals surface area contributed by atoms with E-state index in [9.17, 15) is 4.79 Å². The van der Waals surface area contributed by atoms with Crippen LogP contribution in [0.5, 0.6) is 0 Å². The Morgan fingerprint density at radius 2 is 2.23 bits per heavy atom. The van der Waals surface area contributed by atoms with Gasteiger partial charge < -0.3 is 9.84 Å². The fourth-order valence-corrected chi connectivity index (χ4v) is 2.15. The Hall–Kier alpha value is -1.92. The van der Waals surface area contributed by atoms with E-state index in [0.29, 0.717) is 23.3 Å². The first-order chi connectivity index (χ1) is 10.4. The van der Waals surface area contributed by atoms with E-state index < -0.39 is 0 Å². The Kier molecular flexibility index (Phi) is 5.51. The van der Waals surface area contributed by atoms with E-state index in [1.54, 1.807) is 12.1 Å². The maximum Gasteiger partial charge on any atom is 0.241 e. The van der Waals surface area contributed by atoms with E-state index in [2.05, 4.69) is 15.5 Å². The van der Waals surface area contributed by atoms with Gasteiger partial charge in [-0.1, -0.05) is 28.9 Å². The number of halogens is 1. The quantitative estimate of drug-likeness (QED) is 0.884. The first kappa shape index (κ1) is 16.5. The summed E-state index contributed by atoms with van der Waals surface area (Å²) in [5, 5.41) is 7.39. The van der Waals surface area contributed by atoms with Crippen LogP contribution in [0.25, 0.3) is 11.4 Å². The van der Waals surface area contributed by atoms with Crippen LogP contribution in [-0.4, -0.2) is 40.6 Å². The number of rotatable bonds is 6. The van der Waals surface area contributed by atoms with Gasteiger partial charge in [0.05, 0.1) is 13.1 Å². The molecular weight excluding hydrogens is 304 g/mol. The molecule has 0 aliphatic heterocycles. The molecule has 0 saturated heterocycles. The molecule has 1 aromatic heterocycles. The largest absolute Gasteiger partial charge is 0.353 e. The second kappa shape index (κ2) is 7.38. The summed E-state index contributed by atoms with van der Waals surface area (Å²) in [6, 6.07) is 7.37. The number of carbonyl (C=O) groups is 1. The number of nitrogens with zero attached hydrogens (tertiary/aromatic N) is 3. The van der Waals surface area contributed by atoms with Crippen LogP contribution in [0.2, 0.25) is 5.02 Å². The van der Waals surface area contributed by atoms with E-state index in [-0.39, 0.29) is 18.5 Å². The number of hydrogen-bond acceptors (Lipinski definition) is 5. The van der Waals surface area contributed by atoms with Crippen LogP contribution in [0, 0.1) is 0 Å². The molecule has 1 aromatic carbocycles. The van der Waals surface area contributed by atoms with Crippen molar-refractivity contribution in [3.63, 3.8) is 0 Å². The van der Waals surface area contributed by atoms with Crippen LogP contribution >= 0.6 is 11.6 Å². The minimum atomic E-state index is -0.0351. The summed E-state index contributed by atoms with van der Waals surface area (Å²) >= 11 is 5.95. The maximum atomic E-state index is 11.7. The van der Waals surface area contributed by atoms with Gasteiger partial charge in [-0.2, -0.15) is 4.98 Å². The highest BCUT2D eigenvalue weighted by molar-refractivity contribution is 6.30. The van der Waals surface area contributed by atoms with E-state index in [1.807, 2.05) is 37.9 Å². The second-order valence-corrected chi connectivity index (χ2v) is 5.85. The summed E-state index contributed by atoms with van der Waals surface area (Å²) in [7, 11) is 1.82. The first-order valence-electron chi connectivity index (χ1n) is 7.00.